The van der Waals surface area contributed by atoms with Gasteiger partial charge in [0.15, 0.2) is 0 Å². The zero-order valence-corrected chi connectivity index (χ0v) is 20.2. The quantitative estimate of drug-likeness (QED) is 0.407. The van der Waals surface area contributed by atoms with Crippen molar-refractivity contribution in [1.82, 2.24) is 19.4 Å². The normalized spacial score (nSPS) is 12.3. The minimum absolute atomic E-state index is 0.0578. The number of thiophene rings is 1. The van der Waals surface area contributed by atoms with E-state index in [1.165, 1.54) is 11.3 Å². The zero-order valence-electron chi connectivity index (χ0n) is 19.4. The number of amides is 1. The van der Waals surface area contributed by atoms with Crippen LogP contribution in [0, 0.1) is 6.92 Å². The summed E-state index contributed by atoms with van der Waals surface area (Å²) in [4.78, 5) is 36.6. The molecule has 2 aromatic heterocycles. The molecule has 1 amide bonds. The van der Waals surface area contributed by atoms with E-state index in [2.05, 4.69) is 0 Å². The standard InChI is InChI=1S/C26H28N4O2S/c1-18-9-7-10-20(17-18)30-24(27-22-12-6-5-11-21(22)25(30)31)19(2)29(15-14-28(3)4)26(32)23-13-8-16-33-23/h5-13,16-17,19H,14-15H2,1-4H3. The largest absolute Gasteiger partial charge is 0.327 e. The average Bonchev–Trinajstić information content (AvgIpc) is 3.33. The molecule has 6 nitrogen and oxygen atoms in total. The summed E-state index contributed by atoms with van der Waals surface area (Å²) in [5, 5.41) is 2.46. The lowest BCUT2D eigenvalue weighted by atomic mass is 10.1. The van der Waals surface area contributed by atoms with Crippen molar-refractivity contribution in [2.75, 3.05) is 27.2 Å². The molecule has 170 valence electrons. The van der Waals surface area contributed by atoms with Crippen LogP contribution >= 0.6 is 11.3 Å². The molecule has 0 spiro atoms. The third-order valence-corrected chi connectivity index (χ3v) is 6.54. The van der Waals surface area contributed by atoms with Crippen LogP contribution in [0.25, 0.3) is 16.6 Å². The number of aryl methyl sites for hydroxylation is 1. The minimum atomic E-state index is -0.419. The number of likely N-dealkylation sites (N-methyl/N-ethyl adjacent to an activating group) is 1. The summed E-state index contributed by atoms with van der Waals surface area (Å²) < 4.78 is 1.66. The van der Waals surface area contributed by atoms with Crippen LogP contribution < -0.4 is 5.56 Å². The van der Waals surface area contributed by atoms with Crippen molar-refractivity contribution in [2.24, 2.45) is 0 Å². The maximum Gasteiger partial charge on any atom is 0.266 e. The number of hydrogen-bond donors (Lipinski definition) is 0. The molecule has 7 heteroatoms. The van der Waals surface area contributed by atoms with Gasteiger partial charge in [-0.3, -0.25) is 14.2 Å². The SMILES string of the molecule is Cc1cccc(-n2c(C(C)N(CCN(C)C)C(=O)c3cccs3)nc3ccccc3c2=O)c1. The highest BCUT2D eigenvalue weighted by Gasteiger charge is 2.28. The van der Waals surface area contributed by atoms with E-state index in [9.17, 15) is 9.59 Å². The molecule has 0 bridgehead atoms. The molecule has 4 aromatic rings. The first-order valence-electron chi connectivity index (χ1n) is 10.9. The number of carbonyl (C=O) groups is 1. The number of hydrogen-bond acceptors (Lipinski definition) is 5. The Hall–Kier alpha value is -3.29. The minimum Gasteiger partial charge on any atom is -0.327 e. The van der Waals surface area contributed by atoms with Gasteiger partial charge >= 0.3 is 0 Å². The molecule has 2 aromatic carbocycles. The summed E-state index contributed by atoms with van der Waals surface area (Å²) in [5.74, 6) is 0.491. The number of fused-ring (bicyclic) bond motifs is 1. The fourth-order valence-electron chi connectivity index (χ4n) is 3.91. The predicted molar refractivity (Wildman–Crippen MR) is 134 cm³/mol. The first kappa shape index (κ1) is 22.9. The number of benzene rings is 2. The summed E-state index contributed by atoms with van der Waals surface area (Å²) in [7, 11) is 3.96. The molecule has 0 aliphatic heterocycles. The number of nitrogens with zero attached hydrogens (tertiary/aromatic N) is 4. The van der Waals surface area contributed by atoms with Crippen LogP contribution in [-0.4, -0.2) is 52.4 Å². The summed E-state index contributed by atoms with van der Waals surface area (Å²) in [6.07, 6.45) is 0. The van der Waals surface area contributed by atoms with E-state index in [1.54, 1.807) is 10.6 Å². The Morgan fingerprint density at radius 2 is 1.85 bits per heavy atom. The second-order valence-corrected chi connectivity index (χ2v) is 9.37. The highest BCUT2D eigenvalue weighted by molar-refractivity contribution is 7.12. The summed E-state index contributed by atoms with van der Waals surface area (Å²) in [6.45, 7) is 5.16. The second kappa shape index (κ2) is 9.68. The van der Waals surface area contributed by atoms with E-state index in [1.807, 2.05) is 97.7 Å². The third kappa shape index (κ3) is 4.74. The lowest BCUT2D eigenvalue weighted by molar-refractivity contribution is 0.0672. The smallest absolute Gasteiger partial charge is 0.266 e. The fraction of sp³-hybridized carbons (Fsp3) is 0.269. The number of rotatable bonds is 7. The molecule has 0 radical (unpaired) electrons. The van der Waals surface area contributed by atoms with E-state index in [-0.39, 0.29) is 11.5 Å². The molecule has 0 aliphatic rings. The van der Waals surface area contributed by atoms with Crippen LogP contribution in [0.1, 0.15) is 34.0 Å². The molecule has 0 N–H and O–H groups in total. The zero-order chi connectivity index (χ0) is 23.5. The van der Waals surface area contributed by atoms with Crippen molar-refractivity contribution >= 4 is 28.1 Å². The Labute approximate surface area is 197 Å². The van der Waals surface area contributed by atoms with Crippen molar-refractivity contribution in [2.45, 2.75) is 19.9 Å². The van der Waals surface area contributed by atoms with Gasteiger partial charge in [0.1, 0.15) is 5.82 Å². The third-order valence-electron chi connectivity index (χ3n) is 5.68. The molecule has 1 unspecified atom stereocenters. The van der Waals surface area contributed by atoms with Crippen molar-refractivity contribution in [1.29, 1.82) is 0 Å². The van der Waals surface area contributed by atoms with Crippen molar-refractivity contribution in [3.05, 3.63) is 92.7 Å². The average molecular weight is 461 g/mol. The van der Waals surface area contributed by atoms with Crippen LogP contribution in [0.3, 0.4) is 0 Å². The van der Waals surface area contributed by atoms with Gasteiger partial charge in [-0.2, -0.15) is 0 Å². The van der Waals surface area contributed by atoms with Gasteiger partial charge in [-0.05, 0) is 69.2 Å². The molecule has 0 fully saturated rings. The van der Waals surface area contributed by atoms with Gasteiger partial charge in [-0.1, -0.05) is 30.3 Å². The maximum absolute atomic E-state index is 13.7. The van der Waals surface area contributed by atoms with E-state index in [0.717, 1.165) is 11.3 Å². The van der Waals surface area contributed by atoms with Crippen LogP contribution in [0.5, 0.6) is 0 Å². The van der Waals surface area contributed by atoms with Crippen LogP contribution in [0.15, 0.2) is 70.8 Å². The molecule has 4 rings (SSSR count). The number of carbonyl (C=O) groups excluding carboxylic acids is 1. The van der Waals surface area contributed by atoms with Gasteiger partial charge in [-0.25, -0.2) is 4.98 Å². The Morgan fingerprint density at radius 3 is 2.55 bits per heavy atom. The van der Waals surface area contributed by atoms with Gasteiger partial charge in [0.05, 0.1) is 27.5 Å². The summed E-state index contributed by atoms with van der Waals surface area (Å²) in [6, 6.07) is 18.5. The first-order chi connectivity index (χ1) is 15.9. The fourth-order valence-corrected chi connectivity index (χ4v) is 4.59. The van der Waals surface area contributed by atoms with Crippen molar-refractivity contribution in [3.63, 3.8) is 0 Å². The lowest BCUT2D eigenvalue weighted by Crippen LogP contribution is -2.40. The molecule has 0 saturated heterocycles. The van der Waals surface area contributed by atoms with Gasteiger partial charge in [0, 0.05) is 13.1 Å². The van der Waals surface area contributed by atoms with Crippen molar-refractivity contribution in [3.8, 4) is 5.69 Å². The number of para-hydroxylation sites is 1. The first-order valence-corrected chi connectivity index (χ1v) is 11.8. The molecular formula is C26H28N4O2S. The molecule has 0 aliphatic carbocycles. The van der Waals surface area contributed by atoms with Gasteiger partial charge in [-0.15, -0.1) is 11.3 Å². The Bertz CT molecular complexity index is 1330. The molecule has 1 atom stereocenters. The van der Waals surface area contributed by atoms with Crippen LogP contribution in [0.4, 0.5) is 0 Å². The van der Waals surface area contributed by atoms with E-state index < -0.39 is 6.04 Å². The summed E-state index contributed by atoms with van der Waals surface area (Å²) >= 11 is 1.42. The van der Waals surface area contributed by atoms with Crippen LogP contribution in [-0.2, 0) is 0 Å². The van der Waals surface area contributed by atoms with E-state index in [0.29, 0.717) is 34.7 Å². The summed E-state index contributed by atoms with van der Waals surface area (Å²) in [5.41, 5.74) is 2.29. The Kier molecular flexibility index (Phi) is 6.72. The predicted octanol–water partition coefficient (Wildman–Crippen LogP) is 4.52. The monoisotopic (exact) mass is 460 g/mol. The van der Waals surface area contributed by atoms with Crippen molar-refractivity contribution < 1.29 is 4.79 Å². The Balaban J connectivity index is 1.91. The van der Waals surface area contributed by atoms with Crippen LogP contribution in [0.2, 0.25) is 0 Å². The van der Waals surface area contributed by atoms with Gasteiger partial charge in [0.25, 0.3) is 11.5 Å². The second-order valence-electron chi connectivity index (χ2n) is 8.42. The highest BCUT2D eigenvalue weighted by atomic mass is 32.1. The van der Waals surface area contributed by atoms with E-state index >= 15 is 0 Å². The van der Waals surface area contributed by atoms with Gasteiger partial charge in [0.2, 0.25) is 0 Å². The number of aromatic nitrogens is 2. The Morgan fingerprint density at radius 1 is 1.06 bits per heavy atom. The molecule has 33 heavy (non-hydrogen) atoms. The van der Waals surface area contributed by atoms with Gasteiger partial charge < -0.3 is 9.80 Å². The maximum atomic E-state index is 13.7. The lowest BCUT2D eigenvalue weighted by Gasteiger charge is -2.31. The molecule has 2 heterocycles. The highest BCUT2D eigenvalue weighted by Crippen LogP contribution is 2.25. The van der Waals surface area contributed by atoms with E-state index in [4.69, 9.17) is 4.98 Å². The topological polar surface area (TPSA) is 58.4 Å². The molecule has 0 saturated carbocycles. The molecular weight excluding hydrogens is 432 g/mol.